The molecule has 84 valence electrons. The molecule has 0 aromatic heterocycles. The molecule has 0 amide bonds. The fraction of sp³-hybridized carbons (Fsp3) is 0.417. The number of carbonyl (C=O) groups is 1. The highest BCUT2D eigenvalue weighted by Crippen LogP contribution is 2.45. The third-order valence-electron chi connectivity index (χ3n) is 3.39. The van der Waals surface area contributed by atoms with Crippen molar-refractivity contribution in [1.29, 1.82) is 0 Å². The fourth-order valence-electron chi connectivity index (χ4n) is 2.62. The molecule has 16 heavy (non-hydrogen) atoms. The summed E-state index contributed by atoms with van der Waals surface area (Å²) < 4.78 is 5.58. The number of hydrogen-bond donors (Lipinski definition) is 1. The van der Waals surface area contributed by atoms with Gasteiger partial charge in [0.05, 0.1) is 5.56 Å². The van der Waals surface area contributed by atoms with Gasteiger partial charge in [0.1, 0.15) is 5.60 Å². The van der Waals surface area contributed by atoms with E-state index in [1.165, 1.54) is 0 Å². The van der Waals surface area contributed by atoms with Crippen molar-refractivity contribution in [3.8, 4) is 0 Å². The Morgan fingerprint density at radius 3 is 2.81 bits per heavy atom. The summed E-state index contributed by atoms with van der Waals surface area (Å²) in [5.74, 6) is -0.237. The lowest BCUT2D eigenvalue weighted by molar-refractivity contribution is -0.0241. The van der Waals surface area contributed by atoms with E-state index in [4.69, 9.17) is 16.3 Å². The lowest BCUT2D eigenvalue weighted by atomic mass is 9.84. The normalized spacial score (nSPS) is 21.9. The zero-order chi connectivity index (χ0) is 11.2. The van der Waals surface area contributed by atoms with Crippen LogP contribution in [0.3, 0.4) is 0 Å². The van der Waals surface area contributed by atoms with Gasteiger partial charge in [0.25, 0.3) is 0 Å². The number of ether oxygens (including phenoxy) is 1. The Kier molecular flexibility index (Phi) is 2.19. The molecule has 0 radical (unpaired) electrons. The predicted molar refractivity (Wildman–Crippen MR) is 60.6 cm³/mol. The summed E-state index contributed by atoms with van der Waals surface area (Å²) in [6.45, 7) is 1.72. The van der Waals surface area contributed by atoms with E-state index < -0.39 is 5.60 Å². The Morgan fingerprint density at radius 2 is 2.06 bits per heavy atom. The molecule has 0 atom stereocenters. The second-order valence-corrected chi connectivity index (χ2v) is 4.70. The van der Waals surface area contributed by atoms with Crippen LogP contribution in [0.5, 0.6) is 0 Å². The number of benzene rings is 1. The van der Waals surface area contributed by atoms with Gasteiger partial charge >= 0.3 is 5.97 Å². The van der Waals surface area contributed by atoms with E-state index >= 15 is 0 Å². The van der Waals surface area contributed by atoms with Crippen LogP contribution >= 0.6 is 11.6 Å². The molecule has 1 aromatic carbocycles. The van der Waals surface area contributed by atoms with Crippen molar-refractivity contribution < 1.29 is 9.53 Å². The van der Waals surface area contributed by atoms with Crippen LogP contribution in [0.2, 0.25) is 5.02 Å². The molecule has 1 spiro atoms. The average Bonchev–Trinajstić information content (AvgIpc) is 2.55. The minimum absolute atomic E-state index is 0.237. The molecule has 0 saturated carbocycles. The molecular formula is C12H12ClNO2. The molecule has 0 unspecified atom stereocenters. The smallest absolute Gasteiger partial charge is 0.339 e. The number of piperidine rings is 1. The highest BCUT2D eigenvalue weighted by Gasteiger charge is 2.47. The Bertz CT molecular complexity index is 452. The lowest BCUT2D eigenvalue weighted by Crippen LogP contribution is -2.40. The van der Waals surface area contributed by atoms with Crippen LogP contribution in [0.4, 0.5) is 0 Å². The van der Waals surface area contributed by atoms with Gasteiger partial charge in [-0.1, -0.05) is 17.7 Å². The maximum Gasteiger partial charge on any atom is 0.339 e. The predicted octanol–water partition coefficient (Wildman–Crippen LogP) is 2.09. The third kappa shape index (κ3) is 1.28. The number of hydrogen-bond acceptors (Lipinski definition) is 3. The lowest BCUT2D eigenvalue weighted by Gasteiger charge is -2.33. The second kappa shape index (κ2) is 3.47. The van der Waals surface area contributed by atoms with E-state index in [0.29, 0.717) is 10.6 Å². The Balaban J connectivity index is 2.16. The second-order valence-electron chi connectivity index (χ2n) is 4.30. The SMILES string of the molecule is O=C1OC2(CCNCC2)c2c(Cl)cccc21. The van der Waals surface area contributed by atoms with E-state index in [1.54, 1.807) is 12.1 Å². The number of nitrogens with one attached hydrogen (secondary N) is 1. The molecule has 0 bridgehead atoms. The van der Waals surface area contributed by atoms with E-state index in [1.807, 2.05) is 6.07 Å². The maximum absolute atomic E-state index is 11.8. The van der Waals surface area contributed by atoms with E-state index in [9.17, 15) is 4.79 Å². The first-order valence-corrected chi connectivity index (χ1v) is 5.84. The minimum Gasteiger partial charge on any atom is -0.450 e. The monoisotopic (exact) mass is 237 g/mol. The third-order valence-corrected chi connectivity index (χ3v) is 3.70. The number of rotatable bonds is 0. The first-order valence-electron chi connectivity index (χ1n) is 5.46. The first kappa shape index (κ1) is 10.1. The molecule has 3 rings (SSSR count). The molecule has 1 fully saturated rings. The molecule has 1 aromatic rings. The van der Waals surface area contributed by atoms with Crippen LogP contribution in [0, 0.1) is 0 Å². The number of carbonyl (C=O) groups excluding carboxylic acids is 1. The largest absolute Gasteiger partial charge is 0.450 e. The van der Waals surface area contributed by atoms with Crippen LogP contribution < -0.4 is 5.32 Å². The van der Waals surface area contributed by atoms with Gasteiger partial charge in [-0.2, -0.15) is 0 Å². The van der Waals surface area contributed by atoms with E-state index in [-0.39, 0.29) is 5.97 Å². The molecule has 2 aliphatic heterocycles. The quantitative estimate of drug-likeness (QED) is 0.703. The topological polar surface area (TPSA) is 38.3 Å². The summed E-state index contributed by atoms with van der Waals surface area (Å²) >= 11 is 6.21. The molecule has 1 saturated heterocycles. The zero-order valence-electron chi connectivity index (χ0n) is 8.75. The van der Waals surface area contributed by atoms with Gasteiger partial charge in [0.2, 0.25) is 0 Å². The fourth-order valence-corrected chi connectivity index (χ4v) is 2.97. The molecule has 3 nitrogen and oxygen atoms in total. The number of esters is 1. The van der Waals surface area contributed by atoms with Crippen LogP contribution in [0.15, 0.2) is 18.2 Å². The molecule has 2 aliphatic rings. The van der Waals surface area contributed by atoms with Gasteiger partial charge in [-0.15, -0.1) is 0 Å². The molecule has 1 N–H and O–H groups in total. The van der Waals surface area contributed by atoms with Gasteiger partial charge in [-0.05, 0) is 25.2 Å². The zero-order valence-corrected chi connectivity index (χ0v) is 9.51. The summed E-state index contributed by atoms with van der Waals surface area (Å²) in [5.41, 5.74) is 1.05. The summed E-state index contributed by atoms with van der Waals surface area (Å²) in [4.78, 5) is 11.8. The molecule has 0 aliphatic carbocycles. The van der Waals surface area contributed by atoms with Crippen molar-refractivity contribution in [2.75, 3.05) is 13.1 Å². The Labute approximate surface area is 98.7 Å². The standard InChI is InChI=1S/C12H12ClNO2/c13-9-3-1-2-8-10(9)12(16-11(8)15)4-6-14-7-5-12/h1-3,14H,4-7H2. The summed E-state index contributed by atoms with van der Waals surface area (Å²) in [7, 11) is 0. The van der Waals surface area contributed by atoms with Crippen molar-refractivity contribution in [2.45, 2.75) is 18.4 Å². The van der Waals surface area contributed by atoms with Crippen LogP contribution in [0.1, 0.15) is 28.8 Å². The molecule has 4 heteroatoms. The summed E-state index contributed by atoms with van der Waals surface area (Å²) in [6.07, 6.45) is 1.60. The highest BCUT2D eigenvalue weighted by atomic mass is 35.5. The van der Waals surface area contributed by atoms with Gasteiger partial charge in [-0.3, -0.25) is 0 Å². The van der Waals surface area contributed by atoms with Gasteiger partial charge in [0.15, 0.2) is 0 Å². The van der Waals surface area contributed by atoms with Crippen LogP contribution in [0.25, 0.3) is 0 Å². The molecular weight excluding hydrogens is 226 g/mol. The van der Waals surface area contributed by atoms with Crippen molar-refractivity contribution in [1.82, 2.24) is 5.32 Å². The van der Waals surface area contributed by atoms with Gasteiger partial charge in [0, 0.05) is 23.4 Å². The van der Waals surface area contributed by atoms with Crippen molar-refractivity contribution in [2.24, 2.45) is 0 Å². The Morgan fingerprint density at radius 1 is 1.31 bits per heavy atom. The van der Waals surface area contributed by atoms with E-state index in [2.05, 4.69) is 5.32 Å². The van der Waals surface area contributed by atoms with Crippen LogP contribution in [-0.2, 0) is 10.3 Å². The maximum atomic E-state index is 11.8. The molecule has 2 heterocycles. The van der Waals surface area contributed by atoms with Gasteiger partial charge < -0.3 is 10.1 Å². The van der Waals surface area contributed by atoms with Crippen molar-refractivity contribution >= 4 is 17.6 Å². The van der Waals surface area contributed by atoms with Crippen molar-refractivity contribution in [3.05, 3.63) is 34.3 Å². The number of fused-ring (bicyclic) bond motifs is 2. The van der Waals surface area contributed by atoms with Gasteiger partial charge in [-0.25, -0.2) is 4.79 Å². The minimum atomic E-state index is -0.476. The number of halogens is 1. The summed E-state index contributed by atoms with van der Waals surface area (Å²) in [5, 5.41) is 3.91. The first-order chi connectivity index (χ1) is 7.73. The van der Waals surface area contributed by atoms with Crippen LogP contribution in [-0.4, -0.2) is 19.1 Å². The van der Waals surface area contributed by atoms with Crippen molar-refractivity contribution in [3.63, 3.8) is 0 Å². The highest BCUT2D eigenvalue weighted by molar-refractivity contribution is 6.32. The summed E-state index contributed by atoms with van der Waals surface area (Å²) in [6, 6.07) is 5.41. The average molecular weight is 238 g/mol. The van der Waals surface area contributed by atoms with E-state index in [0.717, 1.165) is 31.5 Å². The Hall–Kier alpha value is -1.06.